The number of ketones is 1. The fraction of sp³-hybridized carbons (Fsp3) is 0.857. The molecule has 0 saturated carbocycles. The zero-order valence-corrected chi connectivity index (χ0v) is 12.5. The molecule has 0 aromatic carbocycles. The van der Waals surface area contributed by atoms with E-state index in [-0.39, 0.29) is 17.8 Å². The van der Waals surface area contributed by atoms with Gasteiger partial charge in [-0.25, -0.2) is 4.79 Å². The van der Waals surface area contributed by atoms with Gasteiger partial charge in [-0.05, 0) is 25.7 Å². The first kappa shape index (κ1) is 16.0. The molecule has 1 aliphatic heterocycles. The predicted molar refractivity (Wildman–Crippen MR) is 71.9 cm³/mol. The SMILES string of the molecule is COC(=O)NC(C(=O)C(C)(C)C)C1CCOC(C)C1. The molecule has 1 rings (SSSR count). The molecular weight excluding hydrogens is 246 g/mol. The Morgan fingerprint density at radius 2 is 2.00 bits per heavy atom. The molecule has 1 N–H and O–H groups in total. The number of hydrogen-bond donors (Lipinski definition) is 1. The van der Waals surface area contributed by atoms with E-state index in [4.69, 9.17) is 4.74 Å². The zero-order chi connectivity index (χ0) is 14.6. The van der Waals surface area contributed by atoms with Crippen LogP contribution in [0.5, 0.6) is 0 Å². The van der Waals surface area contributed by atoms with Gasteiger partial charge in [0.1, 0.15) is 0 Å². The van der Waals surface area contributed by atoms with Gasteiger partial charge in [-0.1, -0.05) is 20.8 Å². The van der Waals surface area contributed by atoms with Gasteiger partial charge in [-0.3, -0.25) is 4.79 Å². The van der Waals surface area contributed by atoms with Crippen LogP contribution in [-0.4, -0.2) is 37.7 Å². The molecule has 3 unspecified atom stereocenters. The Kier molecular flexibility index (Phi) is 5.35. The topological polar surface area (TPSA) is 64.6 Å². The van der Waals surface area contributed by atoms with Crippen LogP contribution in [0.2, 0.25) is 0 Å². The summed E-state index contributed by atoms with van der Waals surface area (Å²) in [6.45, 7) is 8.21. The van der Waals surface area contributed by atoms with Crippen molar-refractivity contribution in [2.45, 2.75) is 52.7 Å². The van der Waals surface area contributed by atoms with Gasteiger partial charge in [0.05, 0.1) is 19.3 Å². The average Bonchev–Trinajstić information content (AvgIpc) is 2.33. The summed E-state index contributed by atoms with van der Waals surface area (Å²) in [4.78, 5) is 24.0. The number of carbonyl (C=O) groups is 2. The third-order valence-electron chi connectivity index (χ3n) is 3.48. The molecule has 0 aromatic rings. The van der Waals surface area contributed by atoms with Gasteiger partial charge in [0.25, 0.3) is 0 Å². The van der Waals surface area contributed by atoms with Crippen molar-refractivity contribution in [3.63, 3.8) is 0 Å². The van der Waals surface area contributed by atoms with Gasteiger partial charge in [-0.2, -0.15) is 0 Å². The van der Waals surface area contributed by atoms with Gasteiger partial charge in [0, 0.05) is 12.0 Å². The molecule has 1 aliphatic rings. The van der Waals surface area contributed by atoms with E-state index in [0.29, 0.717) is 6.61 Å². The summed E-state index contributed by atoms with van der Waals surface area (Å²) in [5, 5.41) is 2.70. The molecule has 3 atom stereocenters. The van der Waals surface area contributed by atoms with Crippen LogP contribution in [0.15, 0.2) is 0 Å². The summed E-state index contributed by atoms with van der Waals surface area (Å²) in [6, 6.07) is -0.501. The van der Waals surface area contributed by atoms with E-state index < -0.39 is 17.6 Å². The second-order valence-electron chi connectivity index (χ2n) is 6.19. The lowest BCUT2D eigenvalue weighted by Crippen LogP contribution is -2.51. The molecule has 0 aromatic heterocycles. The number of nitrogens with one attached hydrogen (secondary N) is 1. The largest absolute Gasteiger partial charge is 0.453 e. The molecule has 0 radical (unpaired) electrons. The lowest BCUT2D eigenvalue weighted by Gasteiger charge is -2.35. The summed E-state index contributed by atoms with van der Waals surface area (Å²) in [6.07, 6.45) is 1.12. The first-order chi connectivity index (χ1) is 8.75. The zero-order valence-electron chi connectivity index (χ0n) is 12.5. The Hall–Kier alpha value is -1.10. The van der Waals surface area contributed by atoms with E-state index in [0.717, 1.165) is 12.8 Å². The van der Waals surface area contributed by atoms with E-state index in [9.17, 15) is 9.59 Å². The fourth-order valence-electron chi connectivity index (χ4n) is 2.39. The van der Waals surface area contributed by atoms with Crippen LogP contribution >= 0.6 is 0 Å². The number of ether oxygens (including phenoxy) is 2. The molecule has 5 heteroatoms. The first-order valence-electron chi connectivity index (χ1n) is 6.76. The third-order valence-corrected chi connectivity index (χ3v) is 3.48. The van der Waals surface area contributed by atoms with Crippen molar-refractivity contribution < 1.29 is 19.1 Å². The second-order valence-corrected chi connectivity index (χ2v) is 6.19. The van der Waals surface area contributed by atoms with Crippen LogP contribution in [0.3, 0.4) is 0 Å². The predicted octanol–water partition coefficient (Wildman–Crippen LogP) is 2.14. The van der Waals surface area contributed by atoms with Gasteiger partial charge >= 0.3 is 6.09 Å². The highest BCUT2D eigenvalue weighted by atomic mass is 16.5. The fourth-order valence-corrected chi connectivity index (χ4v) is 2.39. The van der Waals surface area contributed by atoms with Gasteiger partial charge in [-0.15, -0.1) is 0 Å². The average molecular weight is 271 g/mol. The van der Waals surface area contributed by atoms with Crippen molar-refractivity contribution in [3.05, 3.63) is 0 Å². The summed E-state index contributed by atoms with van der Waals surface area (Å²) in [7, 11) is 1.31. The Morgan fingerprint density at radius 1 is 1.37 bits per heavy atom. The number of hydrogen-bond acceptors (Lipinski definition) is 4. The van der Waals surface area contributed by atoms with Crippen LogP contribution in [0.25, 0.3) is 0 Å². The number of rotatable bonds is 3. The van der Waals surface area contributed by atoms with Crippen LogP contribution in [0.4, 0.5) is 4.79 Å². The molecule has 0 bridgehead atoms. The highest BCUT2D eigenvalue weighted by Crippen LogP contribution is 2.28. The van der Waals surface area contributed by atoms with Crippen LogP contribution in [0, 0.1) is 11.3 Å². The maximum Gasteiger partial charge on any atom is 0.407 e. The van der Waals surface area contributed by atoms with Gasteiger partial charge in [0.2, 0.25) is 0 Å². The second kappa shape index (κ2) is 6.37. The van der Waals surface area contributed by atoms with Crippen molar-refractivity contribution in [2.24, 2.45) is 11.3 Å². The molecule has 1 fully saturated rings. The maximum absolute atomic E-state index is 12.5. The summed E-state index contributed by atoms with van der Waals surface area (Å²) >= 11 is 0. The molecule has 110 valence electrons. The Labute approximate surface area is 115 Å². The highest BCUT2D eigenvalue weighted by molar-refractivity contribution is 5.91. The van der Waals surface area contributed by atoms with Gasteiger partial charge < -0.3 is 14.8 Å². The van der Waals surface area contributed by atoms with E-state index >= 15 is 0 Å². The molecule has 1 heterocycles. The minimum Gasteiger partial charge on any atom is -0.453 e. The molecule has 19 heavy (non-hydrogen) atoms. The smallest absolute Gasteiger partial charge is 0.407 e. The lowest BCUT2D eigenvalue weighted by atomic mass is 9.78. The van der Waals surface area contributed by atoms with Crippen LogP contribution in [-0.2, 0) is 14.3 Å². The molecule has 1 amide bonds. The summed E-state index contributed by atoms with van der Waals surface area (Å²) in [5.41, 5.74) is -0.493. The Balaban J connectivity index is 2.85. The molecule has 1 saturated heterocycles. The van der Waals surface area contributed by atoms with E-state index in [2.05, 4.69) is 10.1 Å². The van der Waals surface area contributed by atoms with Crippen molar-refractivity contribution in [1.29, 1.82) is 0 Å². The number of carbonyl (C=O) groups excluding carboxylic acids is 2. The van der Waals surface area contributed by atoms with Crippen molar-refractivity contribution in [3.8, 4) is 0 Å². The normalized spacial score (nSPS) is 25.5. The first-order valence-corrected chi connectivity index (χ1v) is 6.76. The minimum atomic E-state index is -0.554. The Morgan fingerprint density at radius 3 is 2.47 bits per heavy atom. The lowest BCUT2D eigenvalue weighted by molar-refractivity contribution is -0.131. The van der Waals surface area contributed by atoms with Gasteiger partial charge in [0.15, 0.2) is 5.78 Å². The van der Waals surface area contributed by atoms with Crippen molar-refractivity contribution >= 4 is 11.9 Å². The van der Waals surface area contributed by atoms with Crippen molar-refractivity contribution in [1.82, 2.24) is 5.32 Å². The molecule has 5 nitrogen and oxygen atoms in total. The molecule has 0 spiro atoms. The van der Waals surface area contributed by atoms with Crippen LogP contribution in [0.1, 0.15) is 40.5 Å². The van der Waals surface area contributed by atoms with Crippen LogP contribution < -0.4 is 5.32 Å². The maximum atomic E-state index is 12.5. The third kappa shape index (κ3) is 4.49. The number of methoxy groups -OCH3 is 1. The quantitative estimate of drug-likeness (QED) is 0.854. The molecular formula is C14H25NO4. The Bertz CT molecular complexity index is 335. The van der Waals surface area contributed by atoms with E-state index in [1.165, 1.54) is 7.11 Å². The summed E-state index contributed by atoms with van der Waals surface area (Å²) < 4.78 is 10.1. The van der Waals surface area contributed by atoms with Crippen molar-refractivity contribution in [2.75, 3.05) is 13.7 Å². The number of Topliss-reactive ketones (excluding diaryl/α,β-unsaturated/α-hetero) is 1. The minimum absolute atomic E-state index is 0.0389. The van der Waals surface area contributed by atoms with E-state index in [1.807, 2.05) is 27.7 Å². The number of alkyl carbamates (subject to hydrolysis) is 1. The monoisotopic (exact) mass is 271 g/mol. The highest BCUT2D eigenvalue weighted by Gasteiger charge is 2.38. The molecule has 0 aliphatic carbocycles. The number of amides is 1. The van der Waals surface area contributed by atoms with E-state index in [1.54, 1.807) is 0 Å². The summed E-state index contributed by atoms with van der Waals surface area (Å²) in [5.74, 6) is 0.145. The standard InChI is InChI=1S/C14H25NO4/c1-9-8-10(6-7-19-9)11(15-13(17)18-5)12(16)14(2,3)4/h9-11H,6-8H2,1-5H3,(H,15,17).